The van der Waals surface area contributed by atoms with Crippen molar-refractivity contribution in [2.45, 2.75) is 13.8 Å². The van der Waals surface area contributed by atoms with Crippen molar-refractivity contribution < 1.29 is 9.53 Å². The highest BCUT2D eigenvalue weighted by Gasteiger charge is 2.32. The number of ether oxygens (including phenoxy) is 1. The van der Waals surface area contributed by atoms with Crippen LogP contribution >= 0.6 is 0 Å². The van der Waals surface area contributed by atoms with Crippen LogP contribution in [0.2, 0.25) is 0 Å². The highest BCUT2D eigenvalue weighted by Crippen LogP contribution is 2.33. The van der Waals surface area contributed by atoms with Crippen LogP contribution in [0.25, 0.3) is 0 Å². The van der Waals surface area contributed by atoms with Gasteiger partial charge in [-0.3, -0.25) is 4.79 Å². The molecule has 4 heteroatoms. The van der Waals surface area contributed by atoms with E-state index in [1.54, 1.807) is 18.2 Å². The molecular formula is C11H14N2O2. The fourth-order valence-corrected chi connectivity index (χ4v) is 1.39. The molecule has 1 aliphatic heterocycles. The minimum Gasteiger partial charge on any atom is -0.490 e. The van der Waals surface area contributed by atoms with Gasteiger partial charge in [0, 0.05) is 5.69 Å². The molecule has 0 aliphatic carbocycles. The van der Waals surface area contributed by atoms with E-state index in [9.17, 15) is 4.79 Å². The van der Waals surface area contributed by atoms with Gasteiger partial charge in [-0.2, -0.15) is 0 Å². The van der Waals surface area contributed by atoms with Crippen molar-refractivity contribution in [1.29, 1.82) is 0 Å². The van der Waals surface area contributed by atoms with Crippen molar-refractivity contribution in [1.82, 2.24) is 0 Å². The zero-order valence-corrected chi connectivity index (χ0v) is 8.83. The lowest BCUT2D eigenvalue weighted by molar-refractivity contribution is -0.124. The van der Waals surface area contributed by atoms with Gasteiger partial charge in [-0.1, -0.05) is 0 Å². The number of fused-ring (bicyclic) bond motifs is 1. The molecule has 2 rings (SSSR count). The number of rotatable bonds is 0. The first-order chi connectivity index (χ1) is 6.99. The van der Waals surface area contributed by atoms with Gasteiger partial charge in [0.25, 0.3) is 0 Å². The van der Waals surface area contributed by atoms with Crippen molar-refractivity contribution in [2.24, 2.45) is 5.41 Å². The Morgan fingerprint density at radius 2 is 2.20 bits per heavy atom. The molecule has 1 amide bonds. The minimum atomic E-state index is -0.520. The van der Waals surface area contributed by atoms with Crippen LogP contribution in [0.5, 0.6) is 5.75 Å². The molecule has 1 aromatic rings. The molecule has 80 valence electrons. The van der Waals surface area contributed by atoms with Gasteiger partial charge < -0.3 is 15.8 Å². The molecule has 4 nitrogen and oxygen atoms in total. The van der Waals surface area contributed by atoms with Crippen molar-refractivity contribution in [3.05, 3.63) is 18.2 Å². The fourth-order valence-electron chi connectivity index (χ4n) is 1.39. The van der Waals surface area contributed by atoms with Crippen LogP contribution in [0.4, 0.5) is 11.4 Å². The van der Waals surface area contributed by atoms with E-state index < -0.39 is 5.41 Å². The quantitative estimate of drug-likeness (QED) is 0.634. The molecule has 0 aromatic heterocycles. The zero-order chi connectivity index (χ0) is 11.1. The number of anilines is 2. The van der Waals surface area contributed by atoms with Gasteiger partial charge in [0.2, 0.25) is 5.91 Å². The van der Waals surface area contributed by atoms with Gasteiger partial charge >= 0.3 is 0 Å². The largest absolute Gasteiger partial charge is 0.490 e. The minimum absolute atomic E-state index is 0.0492. The Bertz CT molecular complexity index is 413. The monoisotopic (exact) mass is 206 g/mol. The van der Waals surface area contributed by atoms with Crippen molar-refractivity contribution in [3.8, 4) is 5.75 Å². The molecule has 15 heavy (non-hydrogen) atoms. The van der Waals surface area contributed by atoms with Gasteiger partial charge in [-0.15, -0.1) is 0 Å². The molecule has 1 aromatic carbocycles. The van der Waals surface area contributed by atoms with E-state index in [4.69, 9.17) is 10.5 Å². The third kappa shape index (κ3) is 1.75. The van der Waals surface area contributed by atoms with Crippen molar-refractivity contribution in [3.63, 3.8) is 0 Å². The molecule has 1 heterocycles. The second kappa shape index (κ2) is 3.15. The van der Waals surface area contributed by atoms with Gasteiger partial charge in [0.1, 0.15) is 12.4 Å². The van der Waals surface area contributed by atoms with Crippen LogP contribution in [-0.4, -0.2) is 12.5 Å². The zero-order valence-electron chi connectivity index (χ0n) is 8.83. The summed E-state index contributed by atoms with van der Waals surface area (Å²) in [5.74, 6) is 0.620. The molecule has 0 radical (unpaired) electrons. The first kappa shape index (κ1) is 9.83. The Hall–Kier alpha value is -1.71. The van der Waals surface area contributed by atoms with E-state index in [0.29, 0.717) is 23.7 Å². The average Bonchev–Trinajstić information content (AvgIpc) is 2.25. The lowest BCUT2D eigenvalue weighted by atomic mass is 9.94. The molecule has 0 saturated heterocycles. The van der Waals surface area contributed by atoms with Gasteiger partial charge in [0.05, 0.1) is 11.1 Å². The maximum Gasteiger partial charge on any atom is 0.233 e. The number of amides is 1. The normalized spacial score (nSPS) is 18.4. The molecule has 0 saturated carbocycles. The summed E-state index contributed by atoms with van der Waals surface area (Å²) in [7, 11) is 0. The van der Waals surface area contributed by atoms with Crippen LogP contribution in [-0.2, 0) is 4.79 Å². The first-order valence-electron chi connectivity index (χ1n) is 4.83. The lowest BCUT2D eigenvalue weighted by Crippen LogP contribution is -2.33. The summed E-state index contributed by atoms with van der Waals surface area (Å²) in [6, 6.07) is 5.23. The lowest BCUT2D eigenvalue weighted by Gasteiger charge is -2.18. The number of nitrogen functional groups attached to an aromatic ring is 1. The summed E-state index contributed by atoms with van der Waals surface area (Å²) in [5, 5.41) is 2.81. The summed E-state index contributed by atoms with van der Waals surface area (Å²) >= 11 is 0. The molecule has 1 aliphatic rings. The summed E-state index contributed by atoms with van der Waals surface area (Å²) in [6.07, 6.45) is 0. The van der Waals surface area contributed by atoms with E-state index in [0.717, 1.165) is 0 Å². The van der Waals surface area contributed by atoms with E-state index in [-0.39, 0.29) is 5.91 Å². The molecule has 0 bridgehead atoms. The standard InChI is InChI=1S/C11H14N2O2/c1-11(2)6-15-9-4-3-7(12)5-8(9)13-10(11)14/h3-5H,6,12H2,1-2H3,(H,13,14). The maximum atomic E-state index is 11.8. The molecule has 0 spiro atoms. The number of hydrogen-bond donors (Lipinski definition) is 2. The fraction of sp³-hybridized carbons (Fsp3) is 0.364. The third-order valence-corrected chi connectivity index (χ3v) is 2.46. The number of carbonyl (C=O) groups excluding carboxylic acids is 1. The number of hydrogen-bond acceptors (Lipinski definition) is 3. The van der Waals surface area contributed by atoms with Gasteiger partial charge in [-0.05, 0) is 32.0 Å². The van der Waals surface area contributed by atoms with Gasteiger partial charge in [-0.25, -0.2) is 0 Å². The topological polar surface area (TPSA) is 64.3 Å². The predicted molar refractivity (Wildman–Crippen MR) is 58.8 cm³/mol. The number of benzene rings is 1. The SMILES string of the molecule is CC1(C)COc2ccc(N)cc2NC1=O. The number of carbonyl (C=O) groups is 1. The Labute approximate surface area is 88.4 Å². The number of nitrogens with one attached hydrogen (secondary N) is 1. The highest BCUT2D eigenvalue weighted by atomic mass is 16.5. The summed E-state index contributed by atoms with van der Waals surface area (Å²) in [4.78, 5) is 11.8. The Balaban J connectivity index is 2.40. The number of nitrogens with two attached hydrogens (primary N) is 1. The van der Waals surface area contributed by atoms with Crippen LogP contribution in [0, 0.1) is 5.41 Å². The third-order valence-electron chi connectivity index (χ3n) is 2.46. The molecular weight excluding hydrogens is 192 g/mol. The second-order valence-electron chi connectivity index (χ2n) is 4.38. The van der Waals surface area contributed by atoms with Crippen molar-refractivity contribution >= 4 is 17.3 Å². The summed E-state index contributed by atoms with van der Waals surface area (Å²) in [5.41, 5.74) is 6.37. The first-order valence-corrected chi connectivity index (χ1v) is 4.83. The van der Waals surface area contributed by atoms with Crippen molar-refractivity contribution in [2.75, 3.05) is 17.7 Å². The molecule has 3 N–H and O–H groups in total. The molecule has 0 unspecified atom stereocenters. The Kier molecular flexibility index (Phi) is 2.07. The molecule has 0 fully saturated rings. The Morgan fingerprint density at radius 3 is 2.93 bits per heavy atom. The van der Waals surface area contributed by atoms with E-state index in [2.05, 4.69) is 5.32 Å². The Morgan fingerprint density at radius 1 is 1.47 bits per heavy atom. The second-order valence-corrected chi connectivity index (χ2v) is 4.38. The predicted octanol–water partition coefficient (Wildman–Crippen LogP) is 1.63. The highest BCUT2D eigenvalue weighted by molar-refractivity contribution is 5.97. The van der Waals surface area contributed by atoms with Crippen LogP contribution < -0.4 is 15.8 Å². The van der Waals surface area contributed by atoms with E-state index >= 15 is 0 Å². The maximum absolute atomic E-state index is 11.8. The smallest absolute Gasteiger partial charge is 0.233 e. The average molecular weight is 206 g/mol. The van der Waals surface area contributed by atoms with Crippen LogP contribution in [0.1, 0.15) is 13.8 Å². The molecule has 0 atom stereocenters. The van der Waals surface area contributed by atoms with Crippen LogP contribution in [0.3, 0.4) is 0 Å². The van der Waals surface area contributed by atoms with Gasteiger partial charge in [0.15, 0.2) is 0 Å². The summed E-state index contributed by atoms with van der Waals surface area (Å²) < 4.78 is 5.55. The summed E-state index contributed by atoms with van der Waals surface area (Å²) in [6.45, 7) is 4.06. The van der Waals surface area contributed by atoms with E-state index in [1.807, 2.05) is 13.8 Å². The van der Waals surface area contributed by atoms with E-state index in [1.165, 1.54) is 0 Å². The van der Waals surface area contributed by atoms with Crippen LogP contribution in [0.15, 0.2) is 18.2 Å².